The Morgan fingerprint density at radius 1 is 1.12 bits per heavy atom. The van der Waals surface area contributed by atoms with Crippen LogP contribution in [0.2, 0.25) is 0 Å². The van der Waals surface area contributed by atoms with Crippen molar-refractivity contribution in [3.63, 3.8) is 0 Å². The zero-order valence-corrected chi connectivity index (χ0v) is 11.3. The van der Waals surface area contributed by atoms with Crippen LogP contribution in [0.3, 0.4) is 0 Å². The first-order chi connectivity index (χ1) is 8.05. The van der Waals surface area contributed by atoms with Crippen LogP contribution < -0.4 is 0 Å². The molecule has 1 unspecified atom stereocenters. The van der Waals surface area contributed by atoms with E-state index in [1.165, 1.54) is 0 Å². The van der Waals surface area contributed by atoms with E-state index in [4.69, 9.17) is 4.42 Å². The fraction of sp³-hybridized carbons (Fsp3) is 0.286. The van der Waals surface area contributed by atoms with Gasteiger partial charge in [0.15, 0.2) is 0 Å². The van der Waals surface area contributed by atoms with Gasteiger partial charge in [-0.3, -0.25) is 0 Å². The van der Waals surface area contributed by atoms with Crippen molar-refractivity contribution < 1.29 is 9.52 Å². The number of aliphatic hydroxyl groups is 1. The third-order valence-corrected chi connectivity index (χ3v) is 3.19. The first-order valence-corrected chi connectivity index (χ1v) is 6.32. The van der Waals surface area contributed by atoms with Gasteiger partial charge in [0.1, 0.15) is 0 Å². The largest absolute Gasteiger partial charge is 0.472 e. The number of furan rings is 1. The fourth-order valence-electron chi connectivity index (χ4n) is 1.94. The molecule has 3 heteroatoms. The highest BCUT2D eigenvalue weighted by atomic mass is 79.9. The Balaban J connectivity index is 2.03. The topological polar surface area (TPSA) is 33.4 Å². The van der Waals surface area contributed by atoms with Crippen molar-refractivity contribution in [2.45, 2.75) is 25.4 Å². The zero-order chi connectivity index (χ0) is 12.3. The molecule has 90 valence electrons. The van der Waals surface area contributed by atoms with Crippen molar-refractivity contribution in [1.29, 1.82) is 0 Å². The monoisotopic (exact) mass is 294 g/mol. The summed E-state index contributed by atoms with van der Waals surface area (Å²) in [6, 6.07) is 9.91. The van der Waals surface area contributed by atoms with Gasteiger partial charge in [-0.1, -0.05) is 28.1 Å². The molecule has 2 aromatic rings. The van der Waals surface area contributed by atoms with Crippen LogP contribution in [0.15, 0.2) is 51.7 Å². The zero-order valence-electron chi connectivity index (χ0n) is 9.69. The van der Waals surface area contributed by atoms with E-state index in [2.05, 4.69) is 15.9 Å². The summed E-state index contributed by atoms with van der Waals surface area (Å²) >= 11 is 3.40. The van der Waals surface area contributed by atoms with Gasteiger partial charge in [0.05, 0.1) is 18.1 Å². The lowest BCUT2D eigenvalue weighted by Crippen LogP contribution is -2.29. The predicted molar refractivity (Wildman–Crippen MR) is 70.9 cm³/mol. The summed E-state index contributed by atoms with van der Waals surface area (Å²) in [5.74, 6) is 0. The molecule has 0 radical (unpaired) electrons. The van der Waals surface area contributed by atoms with Crippen LogP contribution >= 0.6 is 15.9 Å². The standard InChI is InChI=1S/C14H15BrO2/c1-14(16,9-12-6-7-17-10-12)8-11-2-4-13(15)5-3-11/h2-7,10,16H,8-9H2,1H3. The number of rotatable bonds is 4. The summed E-state index contributed by atoms with van der Waals surface area (Å²) < 4.78 is 6.06. The summed E-state index contributed by atoms with van der Waals surface area (Å²) in [6.07, 6.45) is 4.53. The molecule has 0 aliphatic rings. The van der Waals surface area contributed by atoms with Gasteiger partial charge in [-0.15, -0.1) is 0 Å². The first kappa shape index (κ1) is 12.4. The molecule has 0 spiro atoms. The maximum atomic E-state index is 10.4. The van der Waals surface area contributed by atoms with E-state index in [1.54, 1.807) is 12.5 Å². The second kappa shape index (κ2) is 5.07. The van der Waals surface area contributed by atoms with Gasteiger partial charge in [-0.25, -0.2) is 0 Å². The van der Waals surface area contributed by atoms with Gasteiger partial charge >= 0.3 is 0 Å². The maximum absolute atomic E-state index is 10.4. The van der Waals surface area contributed by atoms with Crippen molar-refractivity contribution >= 4 is 15.9 Å². The molecule has 0 aliphatic heterocycles. The minimum atomic E-state index is -0.752. The van der Waals surface area contributed by atoms with Crippen LogP contribution in [0.25, 0.3) is 0 Å². The summed E-state index contributed by atoms with van der Waals surface area (Å²) in [7, 11) is 0. The minimum Gasteiger partial charge on any atom is -0.472 e. The predicted octanol–water partition coefficient (Wildman–Crippen LogP) is 3.58. The Kier molecular flexibility index (Phi) is 3.69. The molecule has 1 aromatic carbocycles. The SMILES string of the molecule is CC(O)(Cc1ccc(Br)cc1)Cc1ccoc1. The molecule has 1 N–H and O–H groups in total. The second-order valence-corrected chi connectivity index (χ2v) is 5.52. The first-order valence-electron chi connectivity index (χ1n) is 5.53. The lowest BCUT2D eigenvalue weighted by atomic mass is 9.91. The Labute approximate surface area is 109 Å². The highest BCUT2D eigenvalue weighted by Gasteiger charge is 2.21. The van der Waals surface area contributed by atoms with Crippen LogP contribution in [0.4, 0.5) is 0 Å². The Bertz CT molecular complexity index is 457. The van der Waals surface area contributed by atoms with E-state index in [0.29, 0.717) is 12.8 Å². The van der Waals surface area contributed by atoms with Crippen LogP contribution in [-0.4, -0.2) is 10.7 Å². The molecule has 1 aromatic heterocycles. The number of halogens is 1. The highest BCUT2D eigenvalue weighted by molar-refractivity contribution is 9.10. The van der Waals surface area contributed by atoms with Crippen molar-refractivity contribution in [2.24, 2.45) is 0 Å². The van der Waals surface area contributed by atoms with Gasteiger partial charge in [0.2, 0.25) is 0 Å². The van der Waals surface area contributed by atoms with Crippen LogP contribution in [0, 0.1) is 0 Å². The van der Waals surface area contributed by atoms with E-state index in [9.17, 15) is 5.11 Å². The third-order valence-electron chi connectivity index (χ3n) is 2.66. The van der Waals surface area contributed by atoms with E-state index in [0.717, 1.165) is 15.6 Å². The van der Waals surface area contributed by atoms with Crippen molar-refractivity contribution in [2.75, 3.05) is 0 Å². The van der Waals surface area contributed by atoms with E-state index < -0.39 is 5.60 Å². The Morgan fingerprint density at radius 3 is 2.35 bits per heavy atom. The number of hydrogen-bond donors (Lipinski definition) is 1. The molecule has 0 saturated carbocycles. The Hall–Kier alpha value is -1.06. The maximum Gasteiger partial charge on any atom is 0.0935 e. The average Bonchev–Trinajstić information content (AvgIpc) is 2.73. The quantitative estimate of drug-likeness (QED) is 0.935. The summed E-state index contributed by atoms with van der Waals surface area (Å²) in [6.45, 7) is 1.85. The van der Waals surface area contributed by atoms with Crippen LogP contribution in [0.1, 0.15) is 18.1 Å². The van der Waals surface area contributed by atoms with Gasteiger partial charge < -0.3 is 9.52 Å². The molecule has 17 heavy (non-hydrogen) atoms. The summed E-state index contributed by atoms with van der Waals surface area (Å²) in [4.78, 5) is 0. The van der Waals surface area contributed by atoms with Crippen molar-refractivity contribution in [3.8, 4) is 0 Å². The summed E-state index contributed by atoms with van der Waals surface area (Å²) in [5.41, 5.74) is 1.39. The van der Waals surface area contributed by atoms with Crippen LogP contribution in [0.5, 0.6) is 0 Å². The van der Waals surface area contributed by atoms with E-state index in [1.807, 2.05) is 37.3 Å². The van der Waals surface area contributed by atoms with Gasteiger partial charge in [0.25, 0.3) is 0 Å². The lowest BCUT2D eigenvalue weighted by Gasteiger charge is -2.22. The molecule has 1 heterocycles. The molecule has 0 bridgehead atoms. The highest BCUT2D eigenvalue weighted by Crippen LogP contribution is 2.20. The van der Waals surface area contributed by atoms with Crippen molar-refractivity contribution in [3.05, 3.63) is 58.5 Å². The summed E-state index contributed by atoms with van der Waals surface area (Å²) in [5, 5.41) is 10.4. The molecule has 0 aliphatic carbocycles. The molecule has 0 amide bonds. The molecular weight excluding hydrogens is 280 g/mol. The van der Waals surface area contributed by atoms with Crippen LogP contribution in [-0.2, 0) is 12.8 Å². The van der Waals surface area contributed by atoms with Gasteiger partial charge in [-0.2, -0.15) is 0 Å². The number of benzene rings is 1. The number of hydrogen-bond acceptors (Lipinski definition) is 2. The average molecular weight is 295 g/mol. The third kappa shape index (κ3) is 3.72. The smallest absolute Gasteiger partial charge is 0.0935 e. The van der Waals surface area contributed by atoms with E-state index >= 15 is 0 Å². The van der Waals surface area contributed by atoms with Crippen molar-refractivity contribution in [1.82, 2.24) is 0 Å². The van der Waals surface area contributed by atoms with E-state index in [-0.39, 0.29) is 0 Å². The van der Waals surface area contributed by atoms with Gasteiger partial charge in [-0.05, 0) is 36.2 Å². The molecule has 2 nitrogen and oxygen atoms in total. The normalized spacial score (nSPS) is 14.5. The minimum absolute atomic E-state index is 0.597. The molecule has 0 saturated heterocycles. The molecule has 2 rings (SSSR count). The molecule has 0 fully saturated rings. The molecule has 1 atom stereocenters. The molecular formula is C14H15BrO2. The second-order valence-electron chi connectivity index (χ2n) is 4.61. The fourth-order valence-corrected chi connectivity index (χ4v) is 2.20. The van der Waals surface area contributed by atoms with Gasteiger partial charge in [0, 0.05) is 17.3 Å². The Morgan fingerprint density at radius 2 is 1.76 bits per heavy atom. The lowest BCUT2D eigenvalue weighted by molar-refractivity contribution is 0.0607.